The first kappa shape index (κ1) is 21.7. The molecule has 0 aromatic heterocycles. The number of hydrogen-bond donors (Lipinski definition) is 1. The van der Waals surface area contributed by atoms with E-state index in [9.17, 15) is 4.79 Å². The first-order chi connectivity index (χ1) is 12.8. The Hall–Kier alpha value is -1.59. The van der Waals surface area contributed by atoms with Crippen LogP contribution in [-0.4, -0.2) is 47.9 Å². The van der Waals surface area contributed by atoms with Gasteiger partial charge in [-0.2, -0.15) is 0 Å². The molecule has 27 heavy (non-hydrogen) atoms. The molecule has 1 N–H and O–H groups in total. The van der Waals surface area contributed by atoms with Gasteiger partial charge in [0.1, 0.15) is 5.60 Å². The van der Waals surface area contributed by atoms with Gasteiger partial charge in [0.25, 0.3) is 0 Å². The lowest BCUT2D eigenvalue weighted by atomic mass is 10.0. The number of hydrogen-bond acceptors (Lipinski definition) is 4. The fourth-order valence-electron chi connectivity index (χ4n) is 3.43. The van der Waals surface area contributed by atoms with Crippen LogP contribution in [-0.2, 0) is 16.1 Å². The van der Waals surface area contributed by atoms with Crippen LogP contribution in [0.5, 0.6) is 0 Å². The predicted molar refractivity (Wildman–Crippen MR) is 109 cm³/mol. The van der Waals surface area contributed by atoms with E-state index in [0.29, 0.717) is 12.6 Å². The summed E-state index contributed by atoms with van der Waals surface area (Å²) >= 11 is 0. The van der Waals surface area contributed by atoms with Gasteiger partial charge in [0.05, 0.1) is 12.7 Å². The van der Waals surface area contributed by atoms with Crippen LogP contribution in [0.3, 0.4) is 0 Å². The van der Waals surface area contributed by atoms with Gasteiger partial charge in [-0.1, -0.05) is 37.3 Å². The number of likely N-dealkylation sites (tertiary alicyclic amines) is 1. The third-order valence-electron chi connectivity index (χ3n) is 4.91. The summed E-state index contributed by atoms with van der Waals surface area (Å²) in [6.07, 6.45) is 2.83. The SMILES string of the molecule is CCC(OCc1ccccc1)C(C)NC1CCN(C(=O)OC(C)(C)C)CC1. The quantitative estimate of drug-likeness (QED) is 0.768. The van der Waals surface area contributed by atoms with Crippen LogP contribution in [0.15, 0.2) is 30.3 Å². The second-order valence-electron chi connectivity index (χ2n) is 8.44. The number of piperidine rings is 1. The number of amides is 1. The molecule has 0 aliphatic carbocycles. The van der Waals surface area contributed by atoms with E-state index in [0.717, 1.165) is 32.4 Å². The second-order valence-corrected chi connectivity index (χ2v) is 8.44. The van der Waals surface area contributed by atoms with Crippen LogP contribution in [0.4, 0.5) is 4.79 Å². The molecule has 1 aliphatic rings. The summed E-state index contributed by atoms with van der Waals surface area (Å²) in [6.45, 7) is 12.2. The van der Waals surface area contributed by atoms with Crippen LogP contribution >= 0.6 is 0 Å². The van der Waals surface area contributed by atoms with Crippen LogP contribution in [0.25, 0.3) is 0 Å². The molecule has 5 nitrogen and oxygen atoms in total. The van der Waals surface area contributed by atoms with Crippen LogP contribution in [0.1, 0.15) is 59.4 Å². The van der Waals surface area contributed by atoms with Gasteiger partial charge in [0.15, 0.2) is 0 Å². The molecule has 1 amide bonds. The number of benzene rings is 1. The van der Waals surface area contributed by atoms with E-state index in [2.05, 4.69) is 31.3 Å². The predicted octanol–water partition coefficient (Wildman–Crippen LogP) is 4.36. The molecule has 0 radical (unpaired) electrons. The highest BCUT2D eigenvalue weighted by molar-refractivity contribution is 5.68. The smallest absolute Gasteiger partial charge is 0.410 e. The zero-order chi connectivity index (χ0) is 19.9. The Labute approximate surface area is 164 Å². The Balaban J connectivity index is 1.75. The molecule has 0 saturated carbocycles. The Morgan fingerprint density at radius 1 is 1.22 bits per heavy atom. The maximum atomic E-state index is 12.2. The zero-order valence-corrected chi connectivity index (χ0v) is 17.5. The van der Waals surface area contributed by atoms with E-state index in [4.69, 9.17) is 9.47 Å². The summed E-state index contributed by atoms with van der Waals surface area (Å²) in [5, 5.41) is 3.71. The minimum atomic E-state index is -0.439. The standard InChI is InChI=1S/C22H36N2O3/c1-6-20(26-16-18-10-8-7-9-11-18)17(2)23-19-12-14-24(15-13-19)21(25)27-22(3,4)5/h7-11,17,19-20,23H,6,12-16H2,1-5H3. The number of nitrogens with zero attached hydrogens (tertiary/aromatic N) is 1. The fourth-order valence-corrected chi connectivity index (χ4v) is 3.43. The summed E-state index contributed by atoms with van der Waals surface area (Å²) in [6, 6.07) is 11.0. The number of rotatable bonds is 7. The number of ether oxygens (including phenoxy) is 2. The molecule has 1 heterocycles. The molecule has 0 bridgehead atoms. The largest absolute Gasteiger partial charge is 0.444 e. The van der Waals surface area contributed by atoms with Crippen molar-refractivity contribution in [3.8, 4) is 0 Å². The second kappa shape index (κ2) is 10.1. The van der Waals surface area contributed by atoms with E-state index in [1.165, 1.54) is 5.56 Å². The number of nitrogens with one attached hydrogen (secondary N) is 1. The van der Waals surface area contributed by atoms with Gasteiger partial charge in [0.2, 0.25) is 0 Å². The molecule has 1 aromatic carbocycles. The van der Waals surface area contributed by atoms with Crippen molar-refractivity contribution in [3.63, 3.8) is 0 Å². The van der Waals surface area contributed by atoms with Crippen LogP contribution in [0, 0.1) is 0 Å². The lowest BCUT2D eigenvalue weighted by Gasteiger charge is -2.36. The van der Waals surface area contributed by atoms with Crippen molar-refractivity contribution in [2.75, 3.05) is 13.1 Å². The number of carbonyl (C=O) groups is 1. The molecule has 1 fully saturated rings. The molecule has 1 aliphatic heterocycles. The van der Waals surface area contributed by atoms with Crippen molar-refractivity contribution in [1.82, 2.24) is 10.2 Å². The minimum absolute atomic E-state index is 0.175. The zero-order valence-electron chi connectivity index (χ0n) is 17.5. The Morgan fingerprint density at radius 3 is 2.41 bits per heavy atom. The van der Waals surface area contributed by atoms with E-state index in [-0.39, 0.29) is 18.2 Å². The molecule has 1 saturated heterocycles. The average Bonchev–Trinajstić information content (AvgIpc) is 2.62. The molecule has 5 heteroatoms. The minimum Gasteiger partial charge on any atom is -0.444 e. The van der Waals surface area contributed by atoms with Gasteiger partial charge < -0.3 is 19.7 Å². The third-order valence-corrected chi connectivity index (χ3v) is 4.91. The van der Waals surface area contributed by atoms with Gasteiger partial charge >= 0.3 is 6.09 Å². The molecule has 2 unspecified atom stereocenters. The fraction of sp³-hybridized carbons (Fsp3) is 0.682. The van der Waals surface area contributed by atoms with Gasteiger partial charge in [-0.05, 0) is 52.5 Å². The van der Waals surface area contributed by atoms with Gasteiger partial charge in [-0.3, -0.25) is 0 Å². The molecule has 2 rings (SSSR count). The topological polar surface area (TPSA) is 50.8 Å². The normalized spacial score (nSPS) is 18.2. The summed E-state index contributed by atoms with van der Waals surface area (Å²) in [5.41, 5.74) is 0.763. The summed E-state index contributed by atoms with van der Waals surface area (Å²) in [4.78, 5) is 14.0. The first-order valence-corrected chi connectivity index (χ1v) is 10.2. The van der Waals surface area contributed by atoms with Gasteiger partial charge in [-0.15, -0.1) is 0 Å². The lowest BCUT2D eigenvalue weighted by molar-refractivity contribution is 0.00688. The lowest BCUT2D eigenvalue weighted by Crippen LogP contribution is -2.50. The van der Waals surface area contributed by atoms with Gasteiger partial charge in [0, 0.05) is 25.2 Å². The van der Waals surface area contributed by atoms with E-state index >= 15 is 0 Å². The third kappa shape index (κ3) is 7.51. The van der Waals surface area contributed by atoms with Crippen molar-refractivity contribution in [2.24, 2.45) is 0 Å². The molecule has 1 aromatic rings. The maximum Gasteiger partial charge on any atom is 0.410 e. The summed E-state index contributed by atoms with van der Waals surface area (Å²) < 4.78 is 11.6. The maximum absolute atomic E-state index is 12.2. The molecule has 2 atom stereocenters. The van der Waals surface area contributed by atoms with Crippen molar-refractivity contribution >= 4 is 6.09 Å². The monoisotopic (exact) mass is 376 g/mol. The van der Waals surface area contributed by atoms with Gasteiger partial charge in [-0.25, -0.2) is 4.79 Å². The highest BCUT2D eigenvalue weighted by Crippen LogP contribution is 2.17. The van der Waals surface area contributed by atoms with E-state index in [1.54, 1.807) is 0 Å². The molecular weight excluding hydrogens is 340 g/mol. The Bertz CT molecular complexity index is 563. The van der Waals surface area contributed by atoms with Crippen molar-refractivity contribution < 1.29 is 14.3 Å². The van der Waals surface area contributed by atoms with Crippen molar-refractivity contribution in [2.45, 2.75) is 84.3 Å². The Kier molecular flexibility index (Phi) is 8.11. The molecular formula is C22H36N2O3. The van der Waals surface area contributed by atoms with Crippen molar-refractivity contribution in [1.29, 1.82) is 0 Å². The van der Waals surface area contributed by atoms with Crippen LogP contribution < -0.4 is 5.32 Å². The van der Waals surface area contributed by atoms with Crippen molar-refractivity contribution in [3.05, 3.63) is 35.9 Å². The Morgan fingerprint density at radius 2 is 1.85 bits per heavy atom. The average molecular weight is 377 g/mol. The molecule has 0 spiro atoms. The summed E-state index contributed by atoms with van der Waals surface area (Å²) in [5.74, 6) is 0. The first-order valence-electron chi connectivity index (χ1n) is 10.2. The van der Waals surface area contributed by atoms with Crippen LogP contribution in [0.2, 0.25) is 0 Å². The highest BCUT2D eigenvalue weighted by Gasteiger charge is 2.28. The number of carbonyl (C=O) groups excluding carboxylic acids is 1. The molecule has 152 valence electrons. The summed E-state index contributed by atoms with van der Waals surface area (Å²) in [7, 11) is 0. The highest BCUT2D eigenvalue weighted by atomic mass is 16.6. The van der Waals surface area contributed by atoms with E-state index < -0.39 is 5.60 Å². The van der Waals surface area contributed by atoms with E-state index in [1.807, 2.05) is 43.9 Å².